The number of hydrogen-bond acceptors (Lipinski definition) is 2. The van der Waals surface area contributed by atoms with Crippen molar-refractivity contribution in [2.75, 3.05) is 13.6 Å². The molecule has 1 aromatic carbocycles. The largest absolute Gasteiger partial charge is 0.245 e. The molecule has 0 aliphatic heterocycles. The molecule has 0 atom stereocenters. The maximum atomic E-state index is 13.6. The Balaban J connectivity index is 3.36. The lowest BCUT2D eigenvalue weighted by Crippen LogP contribution is -2.28. The first-order valence-electron chi connectivity index (χ1n) is 5.34. The van der Waals surface area contributed by atoms with Gasteiger partial charge in [-0.05, 0) is 24.1 Å². The molecule has 7 heteroatoms. The van der Waals surface area contributed by atoms with Crippen LogP contribution in [0.1, 0.15) is 18.9 Å². The molecule has 0 aliphatic rings. The summed E-state index contributed by atoms with van der Waals surface area (Å²) in [5, 5.41) is 0. The van der Waals surface area contributed by atoms with Gasteiger partial charge in [-0.15, -0.1) is 11.6 Å². The minimum Gasteiger partial charge on any atom is -0.207 e. The zero-order valence-corrected chi connectivity index (χ0v) is 11.7. The van der Waals surface area contributed by atoms with E-state index < -0.39 is 26.6 Å². The number of benzene rings is 1. The van der Waals surface area contributed by atoms with Crippen LogP contribution in [0, 0.1) is 11.6 Å². The van der Waals surface area contributed by atoms with Crippen LogP contribution in [0.25, 0.3) is 0 Å². The van der Waals surface area contributed by atoms with Crippen molar-refractivity contribution < 1.29 is 17.2 Å². The van der Waals surface area contributed by atoms with Crippen molar-refractivity contribution >= 4 is 21.6 Å². The van der Waals surface area contributed by atoms with Gasteiger partial charge in [0, 0.05) is 19.5 Å². The number of halogens is 3. The van der Waals surface area contributed by atoms with E-state index in [-0.39, 0.29) is 18.0 Å². The molecule has 0 saturated carbocycles. The molecule has 0 heterocycles. The van der Waals surface area contributed by atoms with Gasteiger partial charge in [0.05, 0.1) is 0 Å². The normalized spacial score (nSPS) is 12.1. The summed E-state index contributed by atoms with van der Waals surface area (Å²) < 4.78 is 51.9. The molecule has 0 N–H and O–H groups in total. The molecule has 0 amide bonds. The van der Waals surface area contributed by atoms with Gasteiger partial charge in [-0.1, -0.05) is 6.92 Å². The number of nitrogens with zero attached hydrogens (tertiary/aromatic N) is 1. The van der Waals surface area contributed by atoms with Gasteiger partial charge in [0.15, 0.2) is 11.6 Å². The summed E-state index contributed by atoms with van der Waals surface area (Å²) in [6, 6.07) is 1.95. The molecule has 18 heavy (non-hydrogen) atoms. The zero-order chi connectivity index (χ0) is 13.9. The number of hydrogen-bond donors (Lipinski definition) is 0. The predicted octanol–water partition coefficient (Wildman–Crippen LogP) is 2.73. The predicted molar refractivity (Wildman–Crippen MR) is 66.0 cm³/mol. The summed E-state index contributed by atoms with van der Waals surface area (Å²) in [6.07, 6.45) is 0.578. The Hall–Kier alpha value is -0.720. The van der Waals surface area contributed by atoms with Crippen LogP contribution in [0.3, 0.4) is 0 Å². The van der Waals surface area contributed by atoms with Gasteiger partial charge in [0.1, 0.15) is 4.90 Å². The summed E-state index contributed by atoms with van der Waals surface area (Å²) in [7, 11) is -2.70. The zero-order valence-electron chi connectivity index (χ0n) is 10.1. The Morgan fingerprint density at radius 3 is 2.44 bits per heavy atom. The Morgan fingerprint density at radius 1 is 1.33 bits per heavy atom. The van der Waals surface area contributed by atoms with Crippen molar-refractivity contribution in [1.29, 1.82) is 0 Å². The average molecular weight is 298 g/mol. The van der Waals surface area contributed by atoms with Crippen LogP contribution in [-0.2, 0) is 15.9 Å². The molecule has 0 fully saturated rings. The Morgan fingerprint density at radius 2 is 1.94 bits per heavy atom. The molecule has 0 unspecified atom stereocenters. The molecule has 0 radical (unpaired) electrons. The smallest absolute Gasteiger partial charge is 0.207 e. The second kappa shape index (κ2) is 5.95. The van der Waals surface area contributed by atoms with Gasteiger partial charge in [-0.3, -0.25) is 0 Å². The molecule has 102 valence electrons. The van der Waals surface area contributed by atoms with Crippen LogP contribution in [0.5, 0.6) is 0 Å². The van der Waals surface area contributed by atoms with E-state index in [1.165, 1.54) is 7.05 Å². The standard InChI is InChI=1S/C11H14ClF2NO2S/c1-3-4-15(2)18(16,17)10-6-8(7-12)5-9(13)11(10)14/h5-6H,3-4,7H2,1-2H3. The third-order valence-electron chi connectivity index (χ3n) is 2.44. The highest BCUT2D eigenvalue weighted by atomic mass is 35.5. The van der Waals surface area contributed by atoms with Crippen LogP contribution < -0.4 is 0 Å². The van der Waals surface area contributed by atoms with E-state index in [9.17, 15) is 17.2 Å². The topological polar surface area (TPSA) is 37.4 Å². The first kappa shape index (κ1) is 15.3. The first-order valence-corrected chi connectivity index (χ1v) is 7.32. The molecule has 0 bridgehead atoms. The van der Waals surface area contributed by atoms with Crippen molar-refractivity contribution in [3.8, 4) is 0 Å². The van der Waals surface area contributed by atoms with E-state index in [4.69, 9.17) is 11.6 Å². The molecule has 3 nitrogen and oxygen atoms in total. The van der Waals surface area contributed by atoms with Crippen molar-refractivity contribution in [3.05, 3.63) is 29.3 Å². The van der Waals surface area contributed by atoms with Crippen LogP contribution in [-0.4, -0.2) is 26.3 Å². The summed E-state index contributed by atoms with van der Waals surface area (Å²) in [5.74, 6) is -2.67. The SMILES string of the molecule is CCCN(C)S(=O)(=O)c1cc(CCl)cc(F)c1F. The minimum atomic E-state index is -4.03. The quantitative estimate of drug-likeness (QED) is 0.784. The summed E-state index contributed by atoms with van der Waals surface area (Å²) in [5.41, 5.74) is 0.221. The third kappa shape index (κ3) is 2.99. The maximum absolute atomic E-state index is 13.6. The van der Waals surface area contributed by atoms with Crippen molar-refractivity contribution in [1.82, 2.24) is 4.31 Å². The van der Waals surface area contributed by atoms with Crippen molar-refractivity contribution in [2.24, 2.45) is 0 Å². The van der Waals surface area contributed by atoms with E-state index in [0.29, 0.717) is 6.42 Å². The molecule has 0 aliphatic carbocycles. The fourth-order valence-electron chi connectivity index (χ4n) is 1.49. The van der Waals surface area contributed by atoms with Gasteiger partial charge in [0.25, 0.3) is 0 Å². The Labute approximate surface area is 110 Å². The highest BCUT2D eigenvalue weighted by Crippen LogP contribution is 2.23. The van der Waals surface area contributed by atoms with E-state index in [0.717, 1.165) is 16.4 Å². The van der Waals surface area contributed by atoms with Crippen LogP contribution >= 0.6 is 11.6 Å². The number of alkyl halides is 1. The monoisotopic (exact) mass is 297 g/mol. The Kier molecular flexibility index (Phi) is 5.07. The van der Waals surface area contributed by atoms with Crippen molar-refractivity contribution in [3.63, 3.8) is 0 Å². The molecular weight excluding hydrogens is 284 g/mol. The second-order valence-electron chi connectivity index (χ2n) is 3.85. The van der Waals surface area contributed by atoms with E-state index >= 15 is 0 Å². The van der Waals surface area contributed by atoms with Crippen LogP contribution in [0.2, 0.25) is 0 Å². The first-order chi connectivity index (χ1) is 8.34. The summed E-state index contributed by atoms with van der Waals surface area (Å²) in [4.78, 5) is -0.672. The lowest BCUT2D eigenvalue weighted by molar-refractivity contribution is 0.448. The van der Waals surface area contributed by atoms with Gasteiger partial charge in [0.2, 0.25) is 10.0 Å². The lowest BCUT2D eigenvalue weighted by atomic mass is 10.2. The van der Waals surface area contributed by atoms with Gasteiger partial charge in [-0.2, -0.15) is 0 Å². The lowest BCUT2D eigenvalue weighted by Gasteiger charge is -2.17. The fourth-order valence-corrected chi connectivity index (χ4v) is 3.02. The number of sulfonamides is 1. The Bertz CT molecular complexity index is 534. The van der Waals surface area contributed by atoms with E-state index in [2.05, 4.69) is 0 Å². The molecular formula is C11H14ClF2NO2S. The van der Waals surface area contributed by atoms with Gasteiger partial charge >= 0.3 is 0 Å². The highest BCUT2D eigenvalue weighted by Gasteiger charge is 2.26. The van der Waals surface area contributed by atoms with Crippen LogP contribution in [0.15, 0.2) is 17.0 Å². The molecule has 0 spiro atoms. The molecule has 1 aromatic rings. The summed E-state index contributed by atoms with van der Waals surface area (Å²) >= 11 is 5.52. The molecule has 0 saturated heterocycles. The van der Waals surface area contributed by atoms with E-state index in [1.54, 1.807) is 6.92 Å². The second-order valence-corrected chi connectivity index (χ2v) is 6.13. The maximum Gasteiger partial charge on any atom is 0.245 e. The van der Waals surface area contributed by atoms with Gasteiger partial charge < -0.3 is 0 Å². The van der Waals surface area contributed by atoms with Crippen LogP contribution in [0.4, 0.5) is 8.78 Å². The fraction of sp³-hybridized carbons (Fsp3) is 0.455. The molecule has 0 aromatic heterocycles. The summed E-state index contributed by atoms with van der Waals surface area (Å²) in [6.45, 7) is 2.02. The van der Waals surface area contributed by atoms with Gasteiger partial charge in [-0.25, -0.2) is 21.5 Å². The van der Waals surface area contributed by atoms with Crippen molar-refractivity contribution in [2.45, 2.75) is 24.1 Å². The average Bonchev–Trinajstić information content (AvgIpc) is 2.32. The third-order valence-corrected chi connectivity index (χ3v) is 4.60. The highest BCUT2D eigenvalue weighted by molar-refractivity contribution is 7.89. The number of rotatable bonds is 5. The minimum absolute atomic E-state index is 0.0861. The van der Waals surface area contributed by atoms with E-state index in [1.807, 2.05) is 0 Å². The molecule has 1 rings (SSSR count).